The van der Waals surface area contributed by atoms with Gasteiger partial charge in [0.1, 0.15) is 13.2 Å². The normalized spacial score (nSPS) is 12.5. The van der Waals surface area contributed by atoms with Gasteiger partial charge in [0.15, 0.2) is 6.10 Å². The third kappa shape index (κ3) is 63.6. The maximum atomic E-state index is 12.9. The Balaban J connectivity index is 4.32. The molecule has 6 nitrogen and oxygen atoms in total. The summed E-state index contributed by atoms with van der Waals surface area (Å²) in [5.41, 5.74) is 0. The number of hydrogen-bond donors (Lipinski definition) is 0. The van der Waals surface area contributed by atoms with Crippen LogP contribution in [0, 0.1) is 0 Å². The van der Waals surface area contributed by atoms with Crippen molar-refractivity contribution in [3.8, 4) is 0 Å². The van der Waals surface area contributed by atoms with Crippen molar-refractivity contribution in [2.75, 3.05) is 13.2 Å². The lowest BCUT2D eigenvalue weighted by atomic mass is 10.0. The Morgan fingerprint density at radius 2 is 0.506 bits per heavy atom. The fourth-order valence-electron chi connectivity index (χ4n) is 9.70. The third-order valence-corrected chi connectivity index (χ3v) is 14.7. The predicted molar refractivity (Wildman–Crippen MR) is 335 cm³/mol. The van der Waals surface area contributed by atoms with Crippen molar-refractivity contribution < 1.29 is 28.6 Å². The topological polar surface area (TPSA) is 78.9 Å². The fraction of sp³-hybridized carbons (Fsp3) is 0.789. The second kappa shape index (κ2) is 65.4. The van der Waals surface area contributed by atoms with E-state index in [0.717, 1.165) is 103 Å². The molecule has 0 saturated carbocycles. The Bertz CT molecular complexity index is 1420. The number of rotatable bonds is 61. The van der Waals surface area contributed by atoms with Crippen LogP contribution in [-0.2, 0) is 28.6 Å². The second-order valence-corrected chi connectivity index (χ2v) is 22.4. The molecule has 0 aromatic carbocycles. The summed E-state index contributed by atoms with van der Waals surface area (Å²) in [4.78, 5) is 38.4. The predicted octanol–water partition coefficient (Wildman–Crippen LogP) is 22.9. The highest BCUT2D eigenvalue weighted by molar-refractivity contribution is 5.71. The highest BCUT2D eigenvalue weighted by atomic mass is 16.6. The van der Waals surface area contributed by atoms with Gasteiger partial charge in [0, 0.05) is 19.3 Å². The lowest BCUT2D eigenvalue weighted by molar-refractivity contribution is -0.167. The molecule has 0 aliphatic carbocycles. The molecule has 0 aromatic rings. The molecule has 1 atom stereocenters. The highest BCUT2D eigenvalue weighted by Crippen LogP contribution is 2.17. The van der Waals surface area contributed by atoms with E-state index in [1.165, 1.54) is 199 Å². The van der Waals surface area contributed by atoms with Crippen LogP contribution in [0.3, 0.4) is 0 Å². The van der Waals surface area contributed by atoms with Crippen LogP contribution in [0.15, 0.2) is 72.9 Å². The largest absolute Gasteiger partial charge is 0.462 e. The molecule has 1 unspecified atom stereocenters. The molecular weight excluding hydrogens is 949 g/mol. The first-order valence-corrected chi connectivity index (χ1v) is 33.4. The smallest absolute Gasteiger partial charge is 0.306 e. The molecule has 0 aliphatic rings. The van der Waals surface area contributed by atoms with E-state index in [4.69, 9.17) is 14.2 Å². The highest BCUT2D eigenvalue weighted by Gasteiger charge is 2.19. The van der Waals surface area contributed by atoms with Crippen molar-refractivity contribution in [2.45, 2.75) is 348 Å². The Morgan fingerprint density at radius 1 is 0.273 bits per heavy atom. The minimum atomic E-state index is -0.781. The summed E-state index contributed by atoms with van der Waals surface area (Å²) in [6.45, 7) is 6.56. The van der Waals surface area contributed by atoms with E-state index in [1.54, 1.807) is 0 Å². The molecule has 0 radical (unpaired) electrons. The molecule has 0 amide bonds. The lowest BCUT2D eigenvalue weighted by Gasteiger charge is -2.18. The molecule has 0 saturated heterocycles. The Labute approximate surface area is 478 Å². The molecule has 0 fully saturated rings. The SMILES string of the molecule is CC/C=C\C/C=C\C/C=C\C/C=C\C/C=C\CCCCCCCCCCCC(=O)OCC(COC(=O)CCCCCCC/C=C\CCCCCCC)OC(=O)CCCCCCCCCCCCCCCCCCCCCC. The zero-order chi connectivity index (χ0) is 55.7. The van der Waals surface area contributed by atoms with Crippen LogP contribution in [0.1, 0.15) is 342 Å². The minimum absolute atomic E-state index is 0.0779. The summed E-state index contributed by atoms with van der Waals surface area (Å²) in [5, 5.41) is 0. The average molecular weight is 1080 g/mol. The van der Waals surface area contributed by atoms with Crippen molar-refractivity contribution >= 4 is 17.9 Å². The van der Waals surface area contributed by atoms with Gasteiger partial charge < -0.3 is 14.2 Å². The number of hydrogen-bond acceptors (Lipinski definition) is 6. The second-order valence-electron chi connectivity index (χ2n) is 22.4. The van der Waals surface area contributed by atoms with E-state index < -0.39 is 6.10 Å². The maximum absolute atomic E-state index is 12.9. The zero-order valence-electron chi connectivity index (χ0n) is 51.2. The van der Waals surface area contributed by atoms with Crippen LogP contribution in [0.25, 0.3) is 0 Å². The Kier molecular flexibility index (Phi) is 62.7. The number of allylic oxidation sites excluding steroid dienone is 12. The minimum Gasteiger partial charge on any atom is -0.462 e. The molecule has 77 heavy (non-hydrogen) atoms. The van der Waals surface area contributed by atoms with Gasteiger partial charge in [0.2, 0.25) is 0 Å². The van der Waals surface area contributed by atoms with Crippen LogP contribution < -0.4 is 0 Å². The van der Waals surface area contributed by atoms with Crippen LogP contribution in [-0.4, -0.2) is 37.2 Å². The Hall–Kier alpha value is -3.15. The van der Waals surface area contributed by atoms with Gasteiger partial charge >= 0.3 is 17.9 Å². The quantitative estimate of drug-likeness (QED) is 0.0261. The monoisotopic (exact) mass is 1070 g/mol. The molecule has 0 aliphatic heterocycles. The first-order chi connectivity index (χ1) is 38.0. The average Bonchev–Trinajstić information content (AvgIpc) is 3.43. The molecular formula is C71H126O6. The first kappa shape index (κ1) is 73.8. The molecule has 0 rings (SSSR count). The molecule has 0 spiro atoms. The summed E-state index contributed by atoms with van der Waals surface area (Å²) in [6, 6.07) is 0. The fourth-order valence-corrected chi connectivity index (χ4v) is 9.70. The van der Waals surface area contributed by atoms with Crippen LogP contribution in [0.2, 0.25) is 0 Å². The third-order valence-electron chi connectivity index (χ3n) is 14.7. The zero-order valence-corrected chi connectivity index (χ0v) is 51.2. The maximum Gasteiger partial charge on any atom is 0.306 e. The summed E-state index contributed by atoms with van der Waals surface area (Å²) in [6.07, 6.45) is 84.8. The van der Waals surface area contributed by atoms with Crippen molar-refractivity contribution in [1.29, 1.82) is 0 Å². The number of ether oxygens (including phenoxy) is 3. The summed E-state index contributed by atoms with van der Waals surface area (Å²) >= 11 is 0. The van der Waals surface area contributed by atoms with Gasteiger partial charge in [-0.2, -0.15) is 0 Å². The number of carbonyl (C=O) groups excluding carboxylic acids is 3. The van der Waals surface area contributed by atoms with Crippen LogP contribution in [0.5, 0.6) is 0 Å². The van der Waals surface area contributed by atoms with E-state index in [9.17, 15) is 14.4 Å². The van der Waals surface area contributed by atoms with Crippen LogP contribution >= 0.6 is 0 Å². The van der Waals surface area contributed by atoms with Gasteiger partial charge in [-0.25, -0.2) is 0 Å². The first-order valence-electron chi connectivity index (χ1n) is 33.4. The molecule has 0 N–H and O–H groups in total. The van der Waals surface area contributed by atoms with Crippen molar-refractivity contribution in [2.24, 2.45) is 0 Å². The van der Waals surface area contributed by atoms with Crippen molar-refractivity contribution in [3.05, 3.63) is 72.9 Å². The Morgan fingerprint density at radius 3 is 0.805 bits per heavy atom. The lowest BCUT2D eigenvalue weighted by Crippen LogP contribution is -2.30. The van der Waals surface area contributed by atoms with Gasteiger partial charge in [0.05, 0.1) is 0 Å². The summed E-state index contributed by atoms with van der Waals surface area (Å²) in [7, 11) is 0. The van der Waals surface area contributed by atoms with E-state index in [-0.39, 0.29) is 31.1 Å². The van der Waals surface area contributed by atoms with E-state index in [1.807, 2.05) is 0 Å². The van der Waals surface area contributed by atoms with Gasteiger partial charge in [0.25, 0.3) is 0 Å². The molecule has 6 heteroatoms. The van der Waals surface area contributed by atoms with Crippen molar-refractivity contribution in [3.63, 3.8) is 0 Å². The molecule has 0 aromatic heterocycles. The van der Waals surface area contributed by atoms with E-state index in [2.05, 4.69) is 93.7 Å². The van der Waals surface area contributed by atoms with E-state index >= 15 is 0 Å². The standard InChI is InChI=1S/C71H126O6/c1-4-7-10-13-16-19-22-25-28-30-32-34-35-36-37-38-40-41-43-46-49-52-55-58-61-64-70(73)76-67-68(66-75-69(72)63-60-57-54-51-48-45-27-24-21-18-15-12-9-6-3)77-71(74)65-62-59-56-53-50-47-44-42-39-33-31-29-26-23-20-17-14-11-8-5-2/h7,10,16,19,24-25,27-28,32,34,36-37,68H,4-6,8-9,11-15,17-18,20-23,26,29-31,33,35,38-67H2,1-3H3/b10-7-,19-16-,27-24-,28-25-,34-32-,37-36-. The van der Waals surface area contributed by atoms with Crippen LogP contribution in [0.4, 0.5) is 0 Å². The molecule has 0 heterocycles. The number of unbranched alkanes of at least 4 members (excludes halogenated alkanes) is 38. The van der Waals surface area contributed by atoms with Crippen molar-refractivity contribution in [1.82, 2.24) is 0 Å². The number of carbonyl (C=O) groups is 3. The van der Waals surface area contributed by atoms with Gasteiger partial charge in [-0.3, -0.25) is 14.4 Å². The summed E-state index contributed by atoms with van der Waals surface area (Å²) < 4.78 is 17.0. The van der Waals surface area contributed by atoms with Gasteiger partial charge in [-0.05, 0) is 89.9 Å². The molecule has 0 bridgehead atoms. The van der Waals surface area contributed by atoms with Gasteiger partial charge in [-0.1, -0.05) is 306 Å². The molecule has 446 valence electrons. The van der Waals surface area contributed by atoms with Gasteiger partial charge in [-0.15, -0.1) is 0 Å². The summed E-state index contributed by atoms with van der Waals surface area (Å²) in [5.74, 6) is -0.872. The number of esters is 3. The van der Waals surface area contributed by atoms with E-state index in [0.29, 0.717) is 19.3 Å².